The number of nitrogens with one attached hydrogen (secondary N) is 1. The summed E-state index contributed by atoms with van der Waals surface area (Å²) >= 11 is 0. The van der Waals surface area contributed by atoms with Gasteiger partial charge in [0.2, 0.25) is 11.8 Å². The lowest BCUT2D eigenvalue weighted by molar-refractivity contribution is -0.212. The van der Waals surface area contributed by atoms with Crippen molar-refractivity contribution in [2.45, 2.75) is 19.1 Å². The summed E-state index contributed by atoms with van der Waals surface area (Å²) in [6.45, 7) is 1.95. The Hall–Kier alpha value is -3.41. The van der Waals surface area contributed by atoms with Crippen molar-refractivity contribution in [1.82, 2.24) is 5.32 Å². The predicted octanol–water partition coefficient (Wildman–Crippen LogP) is 2.59. The minimum absolute atomic E-state index is 0.258. The lowest BCUT2D eigenvalue weighted by Crippen LogP contribution is -2.66. The van der Waals surface area contributed by atoms with Gasteiger partial charge >= 0.3 is 5.97 Å². The van der Waals surface area contributed by atoms with E-state index in [-0.39, 0.29) is 18.4 Å². The van der Waals surface area contributed by atoms with Crippen LogP contribution in [0.2, 0.25) is 0 Å². The molecule has 0 spiro atoms. The number of rotatable bonds is 4. The second-order valence-corrected chi connectivity index (χ2v) is 7.84. The number of carbonyl (C=O) groups excluding carboxylic acids is 3. The number of fused-ring (bicyclic) bond motifs is 4. The minimum Gasteiger partial charge on any atom is -0.492 e. The highest BCUT2D eigenvalue weighted by Crippen LogP contribution is 2.58. The van der Waals surface area contributed by atoms with Crippen molar-refractivity contribution < 1.29 is 23.9 Å². The quantitative estimate of drug-likeness (QED) is 0.642. The zero-order chi connectivity index (χ0) is 20.2. The van der Waals surface area contributed by atoms with Crippen LogP contribution in [0.1, 0.15) is 12.5 Å². The van der Waals surface area contributed by atoms with Crippen molar-refractivity contribution in [3.8, 4) is 11.1 Å². The van der Waals surface area contributed by atoms with Crippen LogP contribution in [-0.4, -0.2) is 23.4 Å². The molecule has 29 heavy (non-hydrogen) atoms. The maximum absolute atomic E-state index is 12.2. The third-order valence-electron chi connectivity index (χ3n) is 6.14. The Morgan fingerprint density at radius 2 is 1.62 bits per heavy atom. The maximum atomic E-state index is 12.2. The zero-order valence-electron chi connectivity index (χ0n) is 15.8. The Morgan fingerprint density at radius 1 is 0.931 bits per heavy atom. The molecule has 0 aromatic heterocycles. The zero-order valence-corrected chi connectivity index (χ0v) is 15.8. The molecular formula is C23H19NO5. The summed E-state index contributed by atoms with van der Waals surface area (Å²) < 4.78 is 11.4. The minimum atomic E-state index is -1.04. The molecule has 2 amide bonds. The van der Waals surface area contributed by atoms with Crippen LogP contribution in [0.5, 0.6) is 0 Å². The SMILES string of the molecule is C[C@]12OC(=O)C=C(OCc3ccc(-c4ccccc4)cc3)C1C1C(=O)NC(=O)C12. The highest BCUT2D eigenvalue weighted by Gasteiger charge is 2.73. The van der Waals surface area contributed by atoms with Crippen LogP contribution < -0.4 is 5.32 Å². The van der Waals surface area contributed by atoms with Crippen molar-refractivity contribution in [1.29, 1.82) is 0 Å². The highest BCUT2D eigenvalue weighted by atomic mass is 16.6. The molecule has 6 heteroatoms. The lowest BCUT2D eigenvalue weighted by atomic mass is 9.53. The van der Waals surface area contributed by atoms with Gasteiger partial charge < -0.3 is 9.47 Å². The molecule has 6 nitrogen and oxygen atoms in total. The smallest absolute Gasteiger partial charge is 0.334 e. The van der Waals surface area contributed by atoms with E-state index in [1.807, 2.05) is 54.6 Å². The number of carbonyl (C=O) groups is 3. The molecule has 2 fully saturated rings. The normalized spacial score (nSPS) is 29.8. The number of amides is 2. The molecule has 2 aromatic rings. The molecule has 1 N–H and O–H groups in total. The summed E-state index contributed by atoms with van der Waals surface area (Å²) in [4.78, 5) is 36.3. The maximum Gasteiger partial charge on any atom is 0.334 e. The van der Waals surface area contributed by atoms with Gasteiger partial charge in [-0.25, -0.2) is 4.79 Å². The molecule has 2 aliphatic heterocycles. The number of hydrogen-bond acceptors (Lipinski definition) is 5. The number of benzene rings is 2. The molecule has 2 heterocycles. The largest absolute Gasteiger partial charge is 0.492 e. The summed E-state index contributed by atoms with van der Waals surface area (Å²) in [7, 11) is 0. The molecule has 1 aliphatic carbocycles. The van der Waals surface area contributed by atoms with Gasteiger partial charge in [-0.1, -0.05) is 54.6 Å². The first kappa shape index (κ1) is 17.7. The van der Waals surface area contributed by atoms with Gasteiger partial charge in [0.1, 0.15) is 18.0 Å². The number of hydrogen-bond donors (Lipinski definition) is 1. The van der Waals surface area contributed by atoms with E-state index in [2.05, 4.69) is 5.32 Å². The van der Waals surface area contributed by atoms with Gasteiger partial charge in [0.15, 0.2) is 0 Å². The molecule has 3 unspecified atom stereocenters. The van der Waals surface area contributed by atoms with E-state index in [9.17, 15) is 14.4 Å². The second-order valence-electron chi connectivity index (χ2n) is 7.84. The Balaban J connectivity index is 1.33. The predicted molar refractivity (Wildman–Crippen MR) is 103 cm³/mol. The summed E-state index contributed by atoms with van der Waals surface area (Å²) in [6.07, 6.45) is 1.29. The average molecular weight is 389 g/mol. The van der Waals surface area contributed by atoms with E-state index >= 15 is 0 Å². The van der Waals surface area contributed by atoms with Crippen LogP contribution in [0.3, 0.4) is 0 Å². The fourth-order valence-electron chi connectivity index (χ4n) is 4.75. The monoisotopic (exact) mass is 389 g/mol. The first-order chi connectivity index (χ1) is 14.0. The van der Waals surface area contributed by atoms with Crippen molar-refractivity contribution in [3.63, 3.8) is 0 Å². The second kappa shape index (κ2) is 6.30. The highest BCUT2D eigenvalue weighted by molar-refractivity contribution is 6.08. The third-order valence-corrected chi connectivity index (χ3v) is 6.14. The van der Waals surface area contributed by atoms with Crippen LogP contribution in [0, 0.1) is 17.8 Å². The summed E-state index contributed by atoms with van der Waals surface area (Å²) in [5.41, 5.74) is 2.13. The first-order valence-corrected chi connectivity index (χ1v) is 9.54. The van der Waals surface area contributed by atoms with Crippen molar-refractivity contribution >= 4 is 17.8 Å². The van der Waals surface area contributed by atoms with Crippen LogP contribution in [-0.2, 0) is 30.5 Å². The molecular weight excluding hydrogens is 370 g/mol. The van der Waals surface area contributed by atoms with Crippen LogP contribution >= 0.6 is 0 Å². The molecule has 4 atom stereocenters. The molecule has 1 saturated heterocycles. The summed E-state index contributed by atoms with van der Waals surface area (Å²) in [5.74, 6) is -2.51. The third kappa shape index (κ3) is 2.67. The molecule has 3 aliphatic rings. The van der Waals surface area contributed by atoms with E-state index in [1.165, 1.54) is 6.08 Å². The van der Waals surface area contributed by atoms with Gasteiger partial charge in [0, 0.05) is 0 Å². The number of imide groups is 1. The number of ether oxygens (including phenoxy) is 2. The Bertz CT molecular complexity index is 1040. The fraction of sp³-hybridized carbons (Fsp3) is 0.261. The van der Waals surface area contributed by atoms with Crippen LogP contribution in [0.25, 0.3) is 11.1 Å². The Kier molecular flexibility index (Phi) is 3.84. The van der Waals surface area contributed by atoms with Crippen LogP contribution in [0.15, 0.2) is 66.4 Å². The first-order valence-electron chi connectivity index (χ1n) is 9.54. The molecule has 1 saturated carbocycles. The fourth-order valence-corrected chi connectivity index (χ4v) is 4.75. The molecule has 0 bridgehead atoms. The van der Waals surface area contributed by atoms with Crippen molar-refractivity contribution in [2.24, 2.45) is 17.8 Å². The molecule has 146 valence electrons. The van der Waals surface area contributed by atoms with E-state index in [4.69, 9.17) is 9.47 Å². The average Bonchev–Trinajstić information content (AvgIpc) is 2.97. The van der Waals surface area contributed by atoms with E-state index in [0.29, 0.717) is 5.76 Å². The van der Waals surface area contributed by atoms with Crippen LogP contribution in [0.4, 0.5) is 0 Å². The van der Waals surface area contributed by atoms with Gasteiger partial charge in [0.25, 0.3) is 0 Å². The van der Waals surface area contributed by atoms with Gasteiger partial charge in [-0.2, -0.15) is 0 Å². The lowest BCUT2D eigenvalue weighted by Gasteiger charge is -2.54. The standard InChI is InChI=1S/C23H19NO5/c1-23-19(18-20(23)22(27)24-21(18)26)16(11-17(25)29-23)28-12-13-7-9-15(10-8-13)14-5-3-2-4-6-14/h2-11,18-20H,12H2,1H3,(H,24,26,27)/t18?,19?,20?,23-/m0/s1. The van der Waals surface area contributed by atoms with Crippen molar-refractivity contribution in [2.75, 3.05) is 0 Å². The summed E-state index contributed by atoms with van der Waals surface area (Å²) in [6, 6.07) is 18.0. The van der Waals surface area contributed by atoms with E-state index in [1.54, 1.807) is 6.92 Å². The van der Waals surface area contributed by atoms with Gasteiger partial charge in [-0.15, -0.1) is 0 Å². The molecule has 2 aromatic carbocycles. The van der Waals surface area contributed by atoms with Gasteiger partial charge in [-0.05, 0) is 23.6 Å². The Morgan fingerprint density at radius 3 is 2.34 bits per heavy atom. The van der Waals surface area contributed by atoms with Gasteiger partial charge in [0.05, 0.1) is 23.8 Å². The van der Waals surface area contributed by atoms with Crippen molar-refractivity contribution in [3.05, 3.63) is 72.0 Å². The van der Waals surface area contributed by atoms with E-state index in [0.717, 1.165) is 16.7 Å². The molecule has 0 radical (unpaired) electrons. The number of esters is 1. The van der Waals surface area contributed by atoms with Gasteiger partial charge in [-0.3, -0.25) is 14.9 Å². The topological polar surface area (TPSA) is 81.7 Å². The molecule has 5 rings (SSSR count). The Labute approximate surface area is 167 Å². The van der Waals surface area contributed by atoms with E-state index < -0.39 is 29.3 Å². The summed E-state index contributed by atoms with van der Waals surface area (Å²) in [5, 5.41) is 2.34.